The van der Waals surface area contributed by atoms with E-state index in [4.69, 9.17) is 4.74 Å². The number of anilines is 1. The molecule has 1 N–H and O–H groups in total. The predicted molar refractivity (Wildman–Crippen MR) is 89.4 cm³/mol. The molecule has 0 fully saturated rings. The van der Waals surface area contributed by atoms with E-state index in [1.807, 2.05) is 54.6 Å². The number of rotatable bonds is 7. The molecule has 2 aromatic rings. The molecule has 2 aromatic carbocycles. The largest absolute Gasteiger partial charge is 0.489 e. The van der Waals surface area contributed by atoms with Crippen LogP contribution in [0.15, 0.2) is 65.8 Å². The summed E-state index contributed by atoms with van der Waals surface area (Å²) in [5.41, 5.74) is 1.83. The number of thioether (sulfide) groups is 1. The summed E-state index contributed by atoms with van der Waals surface area (Å²) in [6.45, 7) is 0.477. The van der Waals surface area contributed by atoms with E-state index in [9.17, 15) is 10.1 Å². The molecule has 5 nitrogen and oxygen atoms in total. The zero-order valence-corrected chi connectivity index (χ0v) is 12.9. The first-order valence-electron chi connectivity index (χ1n) is 6.60. The van der Waals surface area contributed by atoms with Crippen molar-refractivity contribution < 1.29 is 9.66 Å². The standard InChI is InChI=1S/C16H16N2O3S/c1-22-16(11-18(19)20)17-14-8-5-9-15(10-14)21-12-13-6-3-2-4-7-13/h2-11,17H,12H2,1H3/b16-11-. The van der Waals surface area contributed by atoms with Crippen molar-refractivity contribution >= 4 is 17.4 Å². The van der Waals surface area contributed by atoms with Crippen LogP contribution in [0.4, 0.5) is 5.69 Å². The zero-order chi connectivity index (χ0) is 15.8. The molecule has 114 valence electrons. The van der Waals surface area contributed by atoms with E-state index in [-0.39, 0.29) is 0 Å². The first-order chi connectivity index (χ1) is 10.7. The van der Waals surface area contributed by atoms with E-state index in [2.05, 4.69) is 5.32 Å². The quantitative estimate of drug-likeness (QED) is 0.615. The van der Waals surface area contributed by atoms with Gasteiger partial charge in [-0.2, -0.15) is 0 Å². The molecular formula is C16H16N2O3S. The van der Waals surface area contributed by atoms with Gasteiger partial charge in [0.05, 0.1) is 4.92 Å². The molecule has 0 bridgehead atoms. The van der Waals surface area contributed by atoms with Gasteiger partial charge in [0.25, 0.3) is 6.20 Å². The number of nitrogens with one attached hydrogen (secondary N) is 1. The van der Waals surface area contributed by atoms with Crippen LogP contribution in [-0.2, 0) is 6.61 Å². The van der Waals surface area contributed by atoms with Gasteiger partial charge in [-0.3, -0.25) is 10.1 Å². The second kappa shape index (κ2) is 8.09. The molecule has 0 aliphatic heterocycles. The average molecular weight is 316 g/mol. The normalized spacial score (nSPS) is 11.0. The lowest BCUT2D eigenvalue weighted by Gasteiger charge is -2.10. The van der Waals surface area contributed by atoms with Crippen LogP contribution in [-0.4, -0.2) is 11.2 Å². The summed E-state index contributed by atoms with van der Waals surface area (Å²) in [4.78, 5) is 10.1. The van der Waals surface area contributed by atoms with E-state index in [0.717, 1.165) is 17.5 Å². The van der Waals surface area contributed by atoms with Crippen LogP contribution in [0.5, 0.6) is 5.75 Å². The van der Waals surface area contributed by atoms with Gasteiger partial charge in [-0.1, -0.05) is 36.4 Å². The Hall–Kier alpha value is -2.47. The van der Waals surface area contributed by atoms with Gasteiger partial charge in [0, 0.05) is 11.8 Å². The van der Waals surface area contributed by atoms with Gasteiger partial charge in [-0.25, -0.2) is 0 Å². The summed E-state index contributed by atoms with van der Waals surface area (Å²) in [5.74, 6) is 0.704. The van der Waals surface area contributed by atoms with E-state index < -0.39 is 4.92 Å². The Kier molecular flexibility index (Phi) is 5.85. The molecule has 0 aliphatic rings. The van der Waals surface area contributed by atoms with Crippen LogP contribution in [0.2, 0.25) is 0 Å². The number of ether oxygens (including phenoxy) is 1. The van der Waals surface area contributed by atoms with Gasteiger partial charge in [0.2, 0.25) is 0 Å². The minimum atomic E-state index is -0.478. The minimum Gasteiger partial charge on any atom is -0.489 e. The summed E-state index contributed by atoms with van der Waals surface area (Å²) in [6, 6.07) is 17.2. The molecule has 0 spiro atoms. The third kappa shape index (κ3) is 5.14. The van der Waals surface area contributed by atoms with Gasteiger partial charge in [0.15, 0.2) is 0 Å². The molecule has 0 heterocycles. The maximum absolute atomic E-state index is 10.5. The fourth-order valence-electron chi connectivity index (χ4n) is 1.78. The monoisotopic (exact) mass is 316 g/mol. The molecular weight excluding hydrogens is 300 g/mol. The van der Waals surface area contributed by atoms with Gasteiger partial charge >= 0.3 is 0 Å². The number of hydrogen-bond donors (Lipinski definition) is 1. The maximum atomic E-state index is 10.5. The second-order valence-electron chi connectivity index (χ2n) is 4.41. The average Bonchev–Trinajstić information content (AvgIpc) is 2.53. The number of benzene rings is 2. The van der Waals surface area contributed by atoms with Crippen LogP contribution in [0, 0.1) is 10.1 Å². The molecule has 2 rings (SSSR count). The molecule has 0 saturated carbocycles. The van der Waals surface area contributed by atoms with Crippen molar-refractivity contribution in [2.45, 2.75) is 6.61 Å². The fraction of sp³-hybridized carbons (Fsp3) is 0.125. The van der Waals surface area contributed by atoms with Crippen LogP contribution in [0.1, 0.15) is 5.56 Å². The van der Waals surface area contributed by atoms with E-state index in [1.165, 1.54) is 11.8 Å². The molecule has 6 heteroatoms. The van der Waals surface area contributed by atoms with Crippen LogP contribution >= 0.6 is 11.8 Å². The number of nitrogens with zero attached hydrogens (tertiary/aromatic N) is 1. The Morgan fingerprint density at radius 3 is 2.73 bits per heavy atom. The number of nitro groups is 1. The SMILES string of the molecule is CS/C(=C\[N+](=O)[O-])Nc1cccc(OCc2ccccc2)c1. The van der Waals surface area contributed by atoms with Gasteiger partial charge in [0.1, 0.15) is 17.4 Å². The highest BCUT2D eigenvalue weighted by Gasteiger charge is 2.03. The Bertz CT molecular complexity index is 659. The highest BCUT2D eigenvalue weighted by molar-refractivity contribution is 8.02. The van der Waals surface area contributed by atoms with Crippen molar-refractivity contribution in [3.8, 4) is 5.75 Å². The van der Waals surface area contributed by atoms with Crippen molar-refractivity contribution in [1.29, 1.82) is 0 Å². The fourth-order valence-corrected chi connectivity index (χ4v) is 2.19. The molecule has 0 unspecified atom stereocenters. The van der Waals surface area contributed by atoms with E-state index in [0.29, 0.717) is 17.4 Å². The highest BCUT2D eigenvalue weighted by Crippen LogP contribution is 2.22. The summed E-state index contributed by atoms with van der Waals surface area (Å²) < 4.78 is 5.73. The van der Waals surface area contributed by atoms with Crippen LogP contribution in [0.25, 0.3) is 0 Å². The lowest BCUT2D eigenvalue weighted by Crippen LogP contribution is -2.00. The highest BCUT2D eigenvalue weighted by atomic mass is 32.2. The molecule has 0 atom stereocenters. The summed E-state index contributed by atoms with van der Waals surface area (Å²) in [6.07, 6.45) is 2.72. The summed E-state index contributed by atoms with van der Waals surface area (Å²) >= 11 is 1.28. The van der Waals surface area contributed by atoms with Crippen LogP contribution < -0.4 is 10.1 Å². The first kappa shape index (κ1) is 15.9. The Labute approximate surface area is 133 Å². The van der Waals surface area contributed by atoms with Crippen LogP contribution in [0.3, 0.4) is 0 Å². The zero-order valence-electron chi connectivity index (χ0n) is 12.1. The minimum absolute atomic E-state index is 0.463. The Morgan fingerprint density at radius 1 is 1.27 bits per heavy atom. The molecule has 0 radical (unpaired) electrons. The van der Waals surface area contributed by atoms with Crippen molar-refractivity contribution in [3.05, 3.63) is 81.5 Å². The summed E-state index contributed by atoms with van der Waals surface area (Å²) in [5, 5.41) is 14.0. The summed E-state index contributed by atoms with van der Waals surface area (Å²) in [7, 11) is 0. The first-order valence-corrected chi connectivity index (χ1v) is 7.83. The lowest BCUT2D eigenvalue weighted by molar-refractivity contribution is -0.402. The molecule has 0 amide bonds. The van der Waals surface area contributed by atoms with Gasteiger partial charge < -0.3 is 10.1 Å². The second-order valence-corrected chi connectivity index (χ2v) is 5.26. The molecule has 0 aromatic heterocycles. The van der Waals surface area contributed by atoms with Crippen molar-refractivity contribution in [1.82, 2.24) is 0 Å². The van der Waals surface area contributed by atoms with Crippen molar-refractivity contribution in [3.63, 3.8) is 0 Å². The van der Waals surface area contributed by atoms with E-state index in [1.54, 1.807) is 6.26 Å². The predicted octanol–water partition coefficient (Wildman–Crippen LogP) is 4.12. The third-order valence-electron chi connectivity index (χ3n) is 2.79. The lowest BCUT2D eigenvalue weighted by atomic mass is 10.2. The van der Waals surface area contributed by atoms with Gasteiger partial charge in [-0.15, -0.1) is 11.8 Å². The Balaban J connectivity index is 2.02. The van der Waals surface area contributed by atoms with Crippen molar-refractivity contribution in [2.24, 2.45) is 0 Å². The van der Waals surface area contributed by atoms with Crippen molar-refractivity contribution in [2.75, 3.05) is 11.6 Å². The van der Waals surface area contributed by atoms with E-state index >= 15 is 0 Å². The molecule has 22 heavy (non-hydrogen) atoms. The third-order valence-corrected chi connectivity index (χ3v) is 3.44. The Morgan fingerprint density at radius 2 is 2.05 bits per heavy atom. The topological polar surface area (TPSA) is 64.4 Å². The smallest absolute Gasteiger partial charge is 0.264 e. The number of hydrogen-bond acceptors (Lipinski definition) is 5. The maximum Gasteiger partial charge on any atom is 0.264 e. The molecule has 0 saturated heterocycles. The molecule has 0 aliphatic carbocycles. The van der Waals surface area contributed by atoms with Gasteiger partial charge in [-0.05, 0) is 24.0 Å².